The molecule has 1 N–H and O–H groups in total. The molecule has 0 unspecified atom stereocenters. The van der Waals surface area contributed by atoms with Gasteiger partial charge < -0.3 is 10.2 Å². The lowest BCUT2D eigenvalue weighted by molar-refractivity contribution is -0.129. The van der Waals surface area contributed by atoms with Gasteiger partial charge in [0.15, 0.2) is 0 Å². The molecule has 1 aromatic rings. The number of likely N-dealkylation sites (tertiary alicyclic amines) is 1. The molecule has 1 fully saturated rings. The maximum atomic E-state index is 12.1. The van der Waals surface area contributed by atoms with Crippen LogP contribution in [0.3, 0.4) is 0 Å². The van der Waals surface area contributed by atoms with E-state index in [1.807, 2.05) is 35.2 Å². The fourth-order valence-electron chi connectivity index (χ4n) is 2.34. The Morgan fingerprint density at radius 3 is 2.21 bits per heavy atom. The first-order chi connectivity index (χ1) is 8.86. The normalized spacial score (nSPS) is 15.9. The molecule has 0 bridgehead atoms. The molecular weight excluding hydrogens is 260 g/mol. The van der Waals surface area contributed by atoms with E-state index >= 15 is 0 Å². The summed E-state index contributed by atoms with van der Waals surface area (Å²) >= 11 is 0. The summed E-state index contributed by atoms with van der Waals surface area (Å²) in [6.45, 7) is 2.26. The minimum absolute atomic E-state index is 0. The monoisotopic (exact) mass is 282 g/mol. The van der Waals surface area contributed by atoms with Crippen molar-refractivity contribution in [2.45, 2.75) is 32.1 Å². The van der Waals surface area contributed by atoms with Crippen molar-refractivity contribution >= 4 is 24.0 Å². The topological polar surface area (TPSA) is 32.3 Å². The Balaban J connectivity index is 0.00000180. The zero-order valence-electron chi connectivity index (χ0n) is 11.3. The second-order valence-electron chi connectivity index (χ2n) is 4.87. The molecular formula is C15H23ClN2O. The molecule has 106 valence electrons. The number of para-hydroxylation sites is 1. The molecule has 1 aliphatic rings. The number of anilines is 1. The van der Waals surface area contributed by atoms with Gasteiger partial charge in [-0.25, -0.2) is 0 Å². The quantitative estimate of drug-likeness (QED) is 0.922. The first kappa shape index (κ1) is 15.8. The van der Waals surface area contributed by atoms with Crippen LogP contribution in [0.1, 0.15) is 32.1 Å². The van der Waals surface area contributed by atoms with Crippen molar-refractivity contribution in [3.05, 3.63) is 30.3 Å². The van der Waals surface area contributed by atoms with Gasteiger partial charge in [-0.1, -0.05) is 37.5 Å². The van der Waals surface area contributed by atoms with Crippen LogP contribution in [0.15, 0.2) is 30.3 Å². The lowest BCUT2D eigenvalue weighted by Crippen LogP contribution is -2.37. The molecule has 1 saturated heterocycles. The standard InChI is InChI=1S/C15H22N2O.ClH/c18-15(13-16-14-9-5-4-6-10-14)17-11-7-2-1-3-8-12-17;/h4-6,9-10,16H,1-3,7-8,11-13H2;1H. The van der Waals surface area contributed by atoms with Gasteiger partial charge in [0.1, 0.15) is 0 Å². The van der Waals surface area contributed by atoms with Crippen molar-refractivity contribution < 1.29 is 4.79 Å². The maximum Gasteiger partial charge on any atom is 0.241 e. The molecule has 19 heavy (non-hydrogen) atoms. The number of carbonyl (C=O) groups is 1. The smallest absolute Gasteiger partial charge is 0.241 e. The molecule has 2 rings (SSSR count). The molecule has 0 spiro atoms. The van der Waals surface area contributed by atoms with Crippen molar-refractivity contribution in [1.29, 1.82) is 0 Å². The highest BCUT2D eigenvalue weighted by atomic mass is 35.5. The van der Waals surface area contributed by atoms with Crippen LogP contribution in [0.5, 0.6) is 0 Å². The predicted molar refractivity (Wildman–Crippen MR) is 81.8 cm³/mol. The van der Waals surface area contributed by atoms with Gasteiger partial charge >= 0.3 is 0 Å². The van der Waals surface area contributed by atoms with Crippen LogP contribution < -0.4 is 5.32 Å². The first-order valence-electron chi connectivity index (χ1n) is 6.93. The Labute approximate surface area is 121 Å². The van der Waals surface area contributed by atoms with E-state index in [4.69, 9.17) is 0 Å². The average molecular weight is 283 g/mol. The number of hydrogen-bond acceptors (Lipinski definition) is 2. The third-order valence-corrected chi connectivity index (χ3v) is 3.43. The molecule has 1 aromatic carbocycles. The molecule has 0 aliphatic carbocycles. The van der Waals surface area contributed by atoms with Gasteiger partial charge in [0.2, 0.25) is 5.91 Å². The zero-order valence-corrected chi connectivity index (χ0v) is 12.1. The number of nitrogens with one attached hydrogen (secondary N) is 1. The van der Waals surface area contributed by atoms with Crippen LogP contribution >= 0.6 is 12.4 Å². The summed E-state index contributed by atoms with van der Waals surface area (Å²) in [6, 6.07) is 9.90. The van der Waals surface area contributed by atoms with E-state index in [1.54, 1.807) is 0 Å². The van der Waals surface area contributed by atoms with Crippen molar-refractivity contribution in [2.24, 2.45) is 0 Å². The van der Waals surface area contributed by atoms with Gasteiger partial charge in [0.25, 0.3) is 0 Å². The van der Waals surface area contributed by atoms with E-state index in [0.29, 0.717) is 6.54 Å². The lowest BCUT2D eigenvalue weighted by Gasteiger charge is -2.25. The number of carbonyl (C=O) groups excluding carboxylic acids is 1. The first-order valence-corrected chi connectivity index (χ1v) is 6.93. The number of nitrogens with zero attached hydrogens (tertiary/aromatic N) is 1. The van der Waals surface area contributed by atoms with Gasteiger partial charge in [-0.2, -0.15) is 0 Å². The van der Waals surface area contributed by atoms with E-state index in [2.05, 4.69) is 5.32 Å². The molecule has 1 aliphatic heterocycles. The Hall–Kier alpha value is -1.22. The predicted octanol–water partition coefficient (Wildman–Crippen LogP) is 3.31. The fourth-order valence-corrected chi connectivity index (χ4v) is 2.34. The van der Waals surface area contributed by atoms with Crippen LogP contribution in [0, 0.1) is 0 Å². The van der Waals surface area contributed by atoms with Crippen molar-refractivity contribution in [3.8, 4) is 0 Å². The molecule has 0 atom stereocenters. The van der Waals surface area contributed by atoms with Crippen LogP contribution in [0.4, 0.5) is 5.69 Å². The van der Waals surface area contributed by atoms with Crippen LogP contribution in [-0.4, -0.2) is 30.4 Å². The summed E-state index contributed by atoms with van der Waals surface area (Å²) in [5.41, 5.74) is 1.01. The molecule has 1 heterocycles. The number of amides is 1. The Morgan fingerprint density at radius 1 is 1.00 bits per heavy atom. The minimum atomic E-state index is 0. The zero-order chi connectivity index (χ0) is 12.6. The maximum absolute atomic E-state index is 12.1. The third kappa shape index (κ3) is 5.52. The highest BCUT2D eigenvalue weighted by Crippen LogP contribution is 2.11. The Bertz CT molecular complexity index is 362. The summed E-state index contributed by atoms with van der Waals surface area (Å²) in [5.74, 6) is 0.223. The summed E-state index contributed by atoms with van der Waals surface area (Å²) < 4.78 is 0. The lowest BCUT2D eigenvalue weighted by atomic mass is 10.1. The minimum Gasteiger partial charge on any atom is -0.376 e. The molecule has 4 heteroatoms. The SMILES string of the molecule is Cl.O=C(CNc1ccccc1)N1CCCCCCC1. The average Bonchev–Trinajstić information content (AvgIpc) is 2.37. The second kappa shape index (κ2) is 8.81. The summed E-state index contributed by atoms with van der Waals surface area (Å²) in [7, 11) is 0. The summed E-state index contributed by atoms with van der Waals surface area (Å²) in [4.78, 5) is 14.1. The number of benzene rings is 1. The molecule has 0 radical (unpaired) electrons. The molecule has 1 amide bonds. The van der Waals surface area contributed by atoms with Crippen LogP contribution in [0.2, 0.25) is 0 Å². The number of hydrogen-bond donors (Lipinski definition) is 1. The Morgan fingerprint density at radius 2 is 1.58 bits per heavy atom. The van der Waals surface area contributed by atoms with Crippen molar-refractivity contribution in [1.82, 2.24) is 4.90 Å². The van der Waals surface area contributed by atoms with Gasteiger partial charge in [-0.05, 0) is 25.0 Å². The number of halogens is 1. The molecule has 3 nitrogen and oxygen atoms in total. The van der Waals surface area contributed by atoms with E-state index in [9.17, 15) is 4.79 Å². The van der Waals surface area contributed by atoms with Gasteiger partial charge in [-0.3, -0.25) is 4.79 Å². The van der Waals surface area contributed by atoms with E-state index in [1.165, 1.54) is 19.3 Å². The van der Waals surface area contributed by atoms with Gasteiger partial charge in [0.05, 0.1) is 6.54 Å². The van der Waals surface area contributed by atoms with Crippen LogP contribution in [0.25, 0.3) is 0 Å². The summed E-state index contributed by atoms with van der Waals surface area (Å²) in [6.07, 6.45) is 6.14. The van der Waals surface area contributed by atoms with Crippen LogP contribution in [-0.2, 0) is 4.79 Å². The van der Waals surface area contributed by atoms with Gasteiger partial charge in [0, 0.05) is 18.8 Å². The van der Waals surface area contributed by atoms with Crippen molar-refractivity contribution in [3.63, 3.8) is 0 Å². The largest absolute Gasteiger partial charge is 0.376 e. The fraction of sp³-hybridized carbons (Fsp3) is 0.533. The second-order valence-corrected chi connectivity index (χ2v) is 4.87. The van der Waals surface area contributed by atoms with Gasteiger partial charge in [-0.15, -0.1) is 12.4 Å². The third-order valence-electron chi connectivity index (χ3n) is 3.43. The summed E-state index contributed by atoms with van der Waals surface area (Å²) in [5, 5.41) is 3.19. The van der Waals surface area contributed by atoms with Crippen molar-refractivity contribution in [2.75, 3.05) is 25.0 Å². The van der Waals surface area contributed by atoms with E-state index < -0.39 is 0 Å². The number of rotatable bonds is 3. The highest BCUT2D eigenvalue weighted by molar-refractivity contribution is 5.85. The highest BCUT2D eigenvalue weighted by Gasteiger charge is 2.13. The molecule has 0 aromatic heterocycles. The molecule has 0 saturated carbocycles. The Kier molecular flexibility index (Phi) is 7.34. The van der Waals surface area contributed by atoms with E-state index in [-0.39, 0.29) is 18.3 Å². The van der Waals surface area contributed by atoms with E-state index in [0.717, 1.165) is 31.6 Å².